The zero-order valence-electron chi connectivity index (χ0n) is 14.4. The molecule has 0 aliphatic heterocycles. The molecule has 2 rings (SSSR count). The van der Waals surface area contributed by atoms with Crippen LogP contribution in [-0.4, -0.2) is 29.3 Å². The topological polar surface area (TPSA) is 59.0 Å². The fourth-order valence-corrected chi connectivity index (χ4v) is 2.28. The molecule has 0 saturated heterocycles. The summed E-state index contributed by atoms with van der Waals surface area (Å²) in [6, 6.07) is 10.1. The molecule has 5 heteroatoms. The number of anilines is 1. The molecule has 0 bridgehead atoms. The first-order chi connectivity index (χ1) is 11.0. The molecule has 23 heavy (non-hydrogen) atoms. The van der Waals surface area contributed by atoms with Crippen molar-refractivity contribution in [1.82, 2.24) is 15.1 Å². The van der Waals surface area contributed by atoms with Crippen LogP contribution in [0.25, 0.3) is 5.69 Å². The number of nitrogens with one attached hydrogen (secondary N) is 2. The van der Waals surface area contributed by atoms with Crippen LogP contribution in [0.5, 0.6) is 0 Å². The van der Waals surface area contributed by atoms with E-state index in [1.807, 2.05) is 42.1 Å². The van der Waals surface area contributed by atoms with Crippen LogP contribution in [0.1, 0.15) is 43.9 Å². The maximum Gasteiger partial charge on any atom is 0.225 e. The van der Waals surface area contributed by atoms with E-state index in [4.69, 9.17) is 0 Å². The molecule has 0 aliphatic carbocycles. The fourth-order valence-electron chi connectivity index (χ4n) is 2.28. The second kappa shape index (κ2) is 7.92. The molecule has 1 amide bonds. The molecule has 0 unspecified atom stereocenters. The van der Waals surface area contributed by atoms with Gasteiger partial charge in [0.25, 0.3) is 0 Å². The normalized spacial score (nSPS) is 11.0. The van der Waals surface area contributed by atoms with E-state index in [1.165, 1.54) is 5.56 Å². The zero-order chi connectivity index (χ0) is 16.8. The van der Waals surface area contributed by atoms with Gasteiger partial charge in [-0.1, -0.05) is 31.5 Å². The van der Waals surface area contributed by atoms with E-state index in [-0.39, 0.29) is 5.91 Å². The van der Waals surface area contributed by atoms with Crippen molar-refractivity contribution in [2.24, 2.45) is 0 Å². The number of aryl methyl sites for hydroxylation is 1. The van der Waals surface area contributed by atoms with Gasteiger partial charge in [0.15, 0.2) is 0 Å². The summed E-state index contributed by atoms with van der Waals surface area (Å²) in [5.74, 6) is 1.05. The minimum Gasteiger partial charge on any atom is -0.320 e. The number of aromatic nitrogens is 2. The highest BCUT2D eigenvalue weighted by Gasteiger charge is 2.14. The predicted octanol–water partition coefficient (Wildman–Crippen LogP) is 3.24. The Balaban J connectivity index is 2.23. The molecule has 1 heterocycles. The molecule has 0 spiro atoms. The van der Waals surface area contributed by atoms with Crippen LogP contribution in [0.15, 0.2) is 30.3 Å². The van der Waals surface area contributed by atoms with Crippen LogP contribution >= 0.6 is 0 Å². The van der Waals surface area contributed by atoms with E-state index < -0.39 is 0 Å². The summed E-state index contributed by atoms with van der Waals surface area (Å²) in [5.41, 5.74) is 3.12. The summed E-state index contributed by atoms with van der Waals surface area (Å²) in [7, 11) is 1.89. The third kappa shape index (κ3) is 4.66. The third-order valence-corrected chi connectivity index (χ3v) is 3.70. The van der Waals surface area contributed by atoms with Crippen molar-refractivity contribution in [2.45, 2.75) is 39.5 Å². The SMILES string of the molecule is CNCCCC(=O)Nc1cc(C(C)C)nn1-c1ccc(C)cc1. The Morgan fingerprint density at radius 2 is 1.96 bits per heavy atom. The Morgan fingerprint density at radius 1 is 1.26 bits per heavy atom. The minimum atomic E-state index is 0.0174. The number of rotatable bonds is 7. The van der Waals surface area contributed by atoms with Crippen molar-refractivity contribution in [3.63, 3.8) is 0 Å². The number of hydrogen-bond donors (Lipinski definition) is 2. The lowest BCUT2D eigenvalue weighted by Crippen LogP contribution is -2.17. The van der Waals surface area contributed by atoms with E-state index in [2.05, 4.69) is 36.5 Å². The Bertz CT molecular complexity index is 644. The standard InChI is InChI=1S/C18H26N4O/c1-13(2)16-12-17(20-18(23)6-5-11-19-4)22(21-16)15-9-7-14(3)8-10-15/h7-10,12-13,19H,5-6,11H2,1-4H3,(H,20,23). The van der Waals surface area contributed by atoms with Crippen LogP contribution < -0.4 is 10.6 Å². The van der Waals surface area contributed by atoms with Gasteiger partial charge in [-0.25, -0.2) is 4.68 Å². The van der Waals surface area contributed by atoms with Gasteiger partial charge < -0.3 is 10.6 Å². The maximum atomic E-state index is 12.1. The van der Waals surface area contributed by atoms with Crippen molar-refractivity contribution in [1.29, 1.82) is 0 Å². The molecule has 0 aliphatic rings. The molecule has 1 aromatic heterocycles. The first-order valence-corrected chi connectivity index (χ1v) is 8.12. The van der Waals surface area contributed by atoms with Crippen molar-refractivity contribution in [3.05, 3.63) is 41.6 Å². The van der Waals surface area contributed by atoms with Crippen LogP contribution in [0.3, 0.4) is 0 Å². The number of amides is 1. The molecule has 5 nitrogen and oxygen atoms in total. The minimum absolute atomic E-state index is 0.0174. The molecule has 124 valence electrons. The highest BCUT2D eigenvalue weighted by atomic mass is 16.1. The van der Waals surface area contributed by atoms with E-state index in [0.717, 1.165) is 30.2 Å². The van der Waals surface area contributed by atoms with Gasteiger partial charge in [-0.3, -0.25) is 4.79 Å². The summed E-state index contributed by atoms with van der Waals surface area (Å²) in [6.07, 6.45) is 1.31. The second-order valence-electron chi connectivity index (χ2n) is 6.11. The van der Waals surface area contributed by atoms with E-state index in [9.17, 15) is 4.79 Å². The maximum absolute atomic E-state index is 12.1. The zero-order valence-corrected chi connectivity index (χ0v) is 14.4. The van der Waals surface area contributed by atoms with E-state index in [0.29, 0.717) is 12.3 Å². The van der Waals surface area contributed by atoms with Gasteiger partial charge in [0.05, 0.1) is 11.4 Å². The second-order valence-corrected chi connectivity index (χ2v) is 6.11. The highest BCUT2D eigenvalue weighted by molar-refractivity contribution is 5.90. The molecule has 0 saturated carbocycles. The smallest absolute Gasteiger partial charge is 0.225 e. The lowest BCUT2D eigenvalue weighted by molar-refractivity contribution is -0.116. The van der Waals surface area contributed by atoms with Crippen LogP contribution in [-0.2, 0) is 4.79 Å². The van der Waals surface area contributed by atoms with Gasteiger partial charge in [-0.05, 0) is 45.0 Å². The molecule has 0 radical (unpaired) electrons. The molecule has 2 aromatic rings. The van der Waals surface area contributed by atoms with Gasteiger partial charge in [0.2, 0.25) is 5.91 Å². The molecule has 2 N–H and O–H groups in total. The lowest BCUT2D eigenvalue weighted by atomic mass is 10.1. The van der Waals surface area contributed by atoms with Gasteiger partial charge in [-0.15, -0.1) is 0 Å². The van der Waals surface area contributed by atoms with Crippen LogP contribution in [0.4, 0.5) is 5.82 Å². The summed E-state index contributed by atoms with van der Waals surface area (Å²) < 4.78 is 1.81. The molecular weight excluding hydrogens is 288 g/mol. The Labute approximate surface area is 138 Å². The van der Waals surface area contributed by atoms with Crippen molar-refractivity contribution in [2.75, 3.05) is 18.9 Å². The third-order valence-electron chi connectivity index (χ3n) is 3.70. The predicted molar refractivity (Wildman–Crippen MR) is 94.2 cm³/mol. The van der Waals surface area contributed by atoms with Gasteiger partial charge in [0, 0.05) is 12.5 Å². The quantitative estimate of drug-likeness (QED) is 0.771. The lowest BCUT2D eigenvalue weighted by Gasteiger charge is -2.09. The van der Waals surface area contributed by atoms with Crippen molar-refractivity contribution >= 4 is 11.7 Å². The van der Waals surface area contributed by atoms with Gasteiger partial charge >= 0.3 is 0 Å². The number of nitrogens with zero attached hydrogens (tertiary/aromatic N) is 2. The number of hydrogen-bond acceptors (Lipinski definition) is 3. The van der Waals surface area contributed by atoms with Crippen molar-refractivity contribution in [3.8, 4) is 5.69 Å². The van der Waals surface area contributed by atoms with Gasteiger partial charge in [0.1, 0.15) is 5.82 Å². The number of carbonyl (C=O) groups excluding carboxylic acids is 1. The van der Waals surface area contributed by atoms with Gasteiger partial charge in [-0.2, -0.15) is 5.10 Å². The summed E-state index contributed by atoms with van der Waals surface area (Å²) >= 11 is 0. The molecular formula is C18H26N4O. The number of benzene rings is 1. The Morgan fingerprint density at radius 3 is 2.57 bits per heavy atom. The van der Waals surface area contributed by atoms with Crippen molar-refractivity contribution < 1.29 is 4.79 Å². The average molecular weight is 314 g/mol. The molecule has 0 fully saturated rings. The molecule has 0 atom stereocenters. The number of carbonyl (C=O) groups is 1. The van der Waals surface area contributed by atoms with Crippen LogP contribution in [0.2, 0.25) is 0 Å². The average Bonchev–Trinajstić information content (AvgIpc) is 2.92. The summed E-state index contributed by atoms with van der Waals surface area (Å²) in [6.45, 7) is 7.08. The monoisotopic (exact) mass is 314 g/mol. The Hall–Kier alpha value is -2.14. The van der Waals surface area contributed by atoms with E-state index >= 15 is 0 Å². The Kier molecular flexibility index (Phi) is 5.93. The molecule has 1 aromatic carbocycles. The van der Waals surface area contributed by atoms with Crippen LogP contribution in [0, 0.1) is 6.92 Å². The first kappa shape index (κ1) is 17.2. The van der Waals surface area contributed by atoms with E-state index in [1.54, 1.807) is 0 Å². The summed E-state index contributed by atoms with van der Waals surface area (Å²) in [4.78, 5) is 12.1. The highest BCUT2D eigenvalue weighted by Crippen LogP contribution is 2.22. The largest absolute Gasteiger partial charge is 0.320 e. The summed E-state index contributed by atoms with van der Waals surface area (Å²) in [5, 5.41) is 10.7. The fraction of sp³-hybridized carbons (Fsp3) is 0.444. The first-order valence-electron chi connectivity index (χ1n) is 8.12.